The van der Waals surface area contributed by atoms with E-state index < -0.39 is 17.8 Å². The molecule has 0 unspecified atom stereocenters. The van der Waals surface area contributed by atoms with Crippen molar-refractivity contribution >= 4 is 46.1 Å². The minimum atomic E-state index is -0.629. The quantitative estimate of drug-likeness (QED) is 0.477. The summed E-state index contributed by atoms with van der Waals surface area (Å²) in [5, 5.41) is 12.0. The van der Waals surface area contributed by atoms with Crippen LogP contribution in [0, 0.1) is 3.57 Å². The van der Waals surface area contributed by atoms with Gasteiger partial charge >= 0.3 is 11.9 Å². The monoisotopic (exact) mass is 460 g/mol. The molecule has 2 rings (SSSR count). The topological polar surface area (TPSA) is 105 Å². The van der Waals surface area contributed by atoms with Gasteiger partial charge < -0.3 is 24.8 Å². The first kappa shape index (κ1) is 19.2. The second kappa shape index (κ2) is 8.30. The number of benzene rings is 1. The minimum Gasteiger partial charge on any atom is -0.466 e. The summed E-state index contributed by atoms with van der Waals surface area (Å²) in [5.41, 5.74) is 1.06. The molecular weight excluding hydrogens is 443 g/mol. The summed E-state index contributed by atoms with van der Waals surface area (Å²) in [6, 6.07) is 4.92. The van der Waals surface area contributed by atoms with Crippen molar-refractivity contribution in [2.75, 3.05) is 39.2 Å². The molecule has 25 heavy (non-hydrogen) atoms. The summed E-state index contributed by atoms with van der Waals surface area (Å²) in [4.78, 5) is 37.6. The van der Waals surface area contributed by atoms with Crippen molar-refractivity contribution in [2.24, 2.45) is 0 Å². The fourth-order valence-electron chi connectivity index (χ4n) is 2.38. The van der Waals surface area contributed by atoms with Crippen molar-refractivity contribution in [2.45, 2.75) is 0 Å². The van der Waals surface area contributed by atoms with Gasteiger partial charge in [0.15, 0.2) is 0 Å². The fourth-order valence-corrected chi connectivity index (χ4v) is 3.09. The van der Waals surface area contributed by atoms with E-state index in [1.54, 1.807) is 18.2 Å². The highest BCUT2D eigenvalue weighted by molar-refractivity contribution is 14.1. The molecule has 2 N–H and O–H groups in total. The standard InChI is InChI=1S/C16H17IN2O6/c1-24-15(22)9-4-3-5-11(12(9)17)18-13-10(16(23)25-2)8-19(6-7-20)14(13)21/h3-5,18,20H,6-8H2,1-2H3. The van der Waals surface area contributed by atoms with Gasteiger partial charge in [-0.1, -0.05) is 6.07 Å². The number of amides is 1. The molecule has 1 aromatic carbocycles. The van der Waals surface area contributed by atoms with Crippen LogP contribution in [0.15, 0.2) is 29.5 Å². The van der Waals surface area contributed by atoms with E-state index in [1.807, 2.05) is 22.6 Å². The predicted molar refractivity (Wildman–Crippen MR) is 96.8 cm³/mol. The molecule has 0 aromatic heterocycles. The molecular formula is C16H17IN2O6. The molecule has 1 heterocycles. The van der Waals surface area contributed by atoms with Crippen LogP contribution in [0.4, 0.5) is 5.69 Å². The van der Waals surface area contributed by atoms with Crippen LogP contribution in [0.1, 0.15) is 10.4 Å². The predicted octanol–water partition coefficient (Wildman–Crippen LogP) is 0.751. The molecule has 1 aliphatic heterocycles. The summed E-state index contributed by atoms with van der Waals surface area (Å²) < 4.78 is 10.0. The van der Waals surface area contributed by atoms with E-state index in [0.29, 0.717) is 14.8 Å². The summed E-state index contributed by atoms with van der Waals surface area (Å²) >= 11 is 1.96. The molecule has 0 radical (unpaired) electrons. The second-order valence-electron chi connectivity index (χ2n) is 5.08. The van der Waals surface area contributed by atoms with Crippen LogP contribution in [0.25, 0.3) is 0 Å². The van der Waals surface area contributed by atoms with Crippen LogP contribution in [-0.2, 0) is 19.1 Å². The molecule has 1 aliphatic rings. The first-order chi connectivity index (χ1) is 11.9. The van der Waals surface area contributed by atoms with Crippen molar-refractivity contribution < 1.29 is 29.0 Å². The van der Waals surface area contributed by atoms with Gasteiger partial charge in [-0.25, -0.2) is 9.59 Å². The third-order valence-electron chi connectivity index (χ3n) is 3.62. The molecule has 0 atom stereocenters. The number of hydrogen-bond acceptors (Lipinski definition) is 7. The maximum Gasteiger partial charge on any atom is 0.339 e. The average Bonchev–Trinajstić information content (AvgIpc) is 2.92. The number of aliphatic hydroxyl groups excluding tert-OH is 1. The van der Waals surface area contributed by atoms with E-state index in [-0.39, 0.29) is 31.0 Å². The maximum atomic E-state index is 12.5. The van der Waals surface area contributed by atoms with E-state index in [2.05, 4.69) is 5.32 Å². The molecule has 0 spiro atoms. The lowest BCUT2D eigenvalue weighted by Gasteiger charge is -2.15. The molecule has 134 valence electrons. The number of nitrogens with one attached hydrogen (secondary N) is 1. The number of methoxy groups -OCH3 is 2. The van der Waals surface area contributed by atoms with Crippen molar-refractivity contribution in [1.29, 1.82) is 0 Å². The number of aliphatic hydroxyl groups is 1. The Morgan fingerprint density at radius 1 is 1.28 bits per heavy atom. The van der Waals surface area contributed by atoms with Gasteiger partial charge in [0.1, 0.15) is 5.70 Å². The van der Waals surface area contributed by atoms with Crippen LogP contribution in [-0.4, -0.2) is 61.8 Å². The van der Waals surface area contributed by atoms with Crippen molar-refractivity contribution in [3.63, 3.8) is 0 Å². The Labute approximate surface area is 157 Å². The molecule has 8 nitrogen and oxygen atoms in total. The number of rotatable bonds is 6. The van der Waals surface area contributed by atoms with Crippen LogP contribution in [0.5, 0.6) is 0 Å². The Morgan fingerprint density at radius 2 is 1.96 bits per heavy atom. The smallest absolute Gasteiger partial charge is 0.339 e. The number of halogens is 1. The molecule has 1 amide bonds. The number of β-amino-alcohol motifs (C(OH)–C–C–N with tert-alkyl or cyclic N) is 1. The highest BCUT2D eigenvalue weighted by atomic mass is 127. The van der Waals surface area contributed by atoms with E-state index >= 15 is 0 Å². The number of anilines is 1. The van der Waals surface area contributed by atoms with Crippen molar-refractivity contribution in [3.8, 4) is 0 Å². The number of carbonyl (C=O) groups excluding carboxylic acids is 3. The van der Waals surface area contributed by atoms with Gasteiger partial charge in [-0.3, -0.25) is 4.79 Å². The van der Waals surface area contributed by atoms with Gasteiger partial charge in [-0.05, 0) is 34.7 Å². The van der Waals surface area contributed by atoms with Crippen molar-refractivity contribution in [3.05, 3.63) is 38.6 Å². The van der Waals surface area contributed by atoms with E-state index in [9.17, 15) is 14.4 Å². The first-order valence-electron chi connectivity index (χ1n) is 7.30. The number of carbonyl (C=O) groups is 3. The minimum absolute atomic E-state index is 0.0433. The molecule has 0 saturated carbocycles. The van der Waals surface area contributed by atoms with Crippen molar-refractivity contribution in [1.82, 2.24) is 4.90 Å². The molecule has 0 aliphatic carbocycles. The summed E-state index contributed by atoms with van der Waals surface area (Å²) in [6.45, 7) is -0.0751. The summed E-state index contributed by atoms with van der Waals surface area (Å²) in [7, 11) is 2.51. The third kappa shape index (κ3) is 3.93. The summed E-state index contributed by atoms with van der Waals surface area (Å²) in [5.74, 6) is -1.56. The van der Waals surface area contributed by atoms with Gasteiger partial charge in [-0.15, -0.1) is 0 Å². The zero-order valence-electron chi connectivity index (χ0n) is 13.7. The number of nitrogens with zero attached hydrogens (tertiary/aromatic N) is 1. The lowest BCUT2D eigenvalue weighted by molar-refractivity contribution is -0.136. The van der Waals surface area contributed by atoms with E-state index in [4.69, 9.17) is 14.6 Å². The Hall–Kier alpha value is -2.14. The van der Waals surface area contributed by atoms with E-state index in [1.165, 1.54) is 19.1 Å². The average molecular weight is 460 g/mol. The lowest BCUT2D eigenvalue weighted by atomic mass is 10.2. The Kier molecular flexibility index (Phi) is 6.37. The Bertz CT molecular complexity index is 746. The summed E-state index contributed by atoms with van der Waals surface area (Å²) in [6.07, 6.45) is 0. The van der Waals surface area contributed by atoms with E-state index in [0.717, 1.165) is 0 Å². The Morgan fingerprint density at radius 3 is 2.56 bits per heavy atom. The number of esters is 2. The number of hydrogen-bond donors (Lipinski definition) is 2. The molecule has 0 fully saturated rings. The van der Waals surface area contributed by atoms with Gasteiger partial charge in [0.05, 0.1) is 47.8 Å². The lowest BCUT2D eigenvalue weighted by Crippen LogP contribution is -2.31. The Balaban J connectivity index is 2.40. The molecule has 1 aromatic rings. The van der Waals surface area contributed by atoms with Gasteiger partial charge in [0.2, 0.25) is 0 Å². The van der Waals surface area contributed by atoms with Crippen LogP contribution >= 0.6 is 22.6 Å². The maximum absolute atomic E-state index is 12.5. The van der Waals surface area contributed by atoms with Gasteiger partial charge in [0, 0.05) is 6.54 Å². The number of ether oxygens (including phenoxy) is 2. The van der Waals surface area contributed by atoms with Crippen LogP contribution in [0.3, 0.4) is 0 Å². The molecule has 9 heteroatoms. The highest BCUT2D eigenvalue weighted by Gasteiger charge is 2.34. The fraction of sp³-hybridized carbons (Fsp3) is 0.312. The zero-order valence-corrected chi connectivity index (χ0v) is 15.8. The normalized spacial score (nSPS) is 13.9. The first-order valence-corrected chi connectivity index (χ1v) is 8.37. The largest absolute Gasteiger partial charge is 0.466 e. The van der Waals surface area contributed by atoms with Crippen LogP contribution < -0.4 is 5.32 Å². The molecule has 0 bridgehead atoms. The zero-order chi connectivity index (χ0) is 18.6. The van der Waals surface area contributed by atoms with Crippen LogP contribution in [0.2, 0.25) is 0 Å². The SMILES string of the molecule is COC(=O)C1=C(Nc2cccc(C(=O)OC)c2I)C(=O)N(CCO)C1. The molecule has 0 saturated heterocycles. The highest BCUT2D eigenvalue weighted by Crippen LogP contribution is 2.28. The second-order valence-corrected chi connectivity index (χ2v) is 6.16. The van der Waals surface area contributed by atoms with Gasteiger partial charge in [0.25, 0.3) is 5.91 Å². The van der Waals surface area contributed by atoms with Gasteiger partial charge in [-0.2, -0.15) is 0 Å². The third-order valence-corrected chi connectivity index (χ3v) is 4.78.